The summed E-state index contributed by atoms with van der Waals surface area (Å²) in [7, 11) is 0. The van der Waals surface area contributed by atoms with E-state index >= 15 is 0 Å². The molecule has 0 aliphatic heterocycles. The second kappa shape index (κ2) is 5.27. The number of rotatable bonds is 5. The van der Waals surface area contributed by atoms with Crippen LogP contribution in [0.25, 0.3) is 0 Å². The summed E-state index contributed by atoms with van der Waals surface area (Å²) >= 11 is 1.23. The summed E-state index contributed by atoms with van der Waals surface area (Å²) in [5.74, 6) is -1.10. The second-order valence-corrected chi connectivity index (χ2v) is 5.29. The molecule has 6 heteroatoms. The largest absolute Gasteiger partial charge is 0.476 e. The highest BCUT2D eigenvalue weighted by atomic mass is 32.1. The first-order valence-corrected chi connectivity index (χ1v) is 6.20. The SMILES string of the molecule is CCC(C)(C)C(=O)NCc1nc(C(=O)O)cs1. The van der Waals surface area contributed by atoms with Crippen molar-refractivity contribution in [3.05, 3.63) is 16.1 Å². The topological polar surface area (TPSA) is 79.3 Å². The molecule has 1 aromatic rings. The lowest BCUT2D eigenvalue weighted by atomic mass is 9.89. The summed E-state index contributed by atoms with van der Waals surface area (Å²) in [5, 5.41) is 13.5. The van der Waals surface area contributed by atoms with Crippen LogP contribution < -0.4 is 5.32 Å². The minimum Gasteiger partial charge on any atom is -0.476 e. The molecule has 0 atom stereocenters. The molecule has 0 aliphatic rings. The molecule has 0 bridgehead atoms. The number of carboxylic acids is 1. The predicted octanol–water partition coefficient (Wildman–Crippen LogP) is 1.89. The maximum absolute atomic E-state index is 11.8. The molecule has 0 saturated heterocycles. The Balaban J connectivity index is 2.56. The van der Waals surface area contributed by atoms with Crippen LogP contribution in [-0.4, -0.2) is 22.0 Å². The number of thiazole rings is 1. The Morgan fingerprint density at radius 3 is 2.65 bits per heavy atom. The van der Waals surface area contributed by atoms with E-state index in [-0.39, 0.29) is 18.1 Å². The molecule has 17 heavy (non-hydrogen) atoms. The van der Waals surface area contributed by atoms with Gasteiger partial charge in [0.1, 0.15) is 5.01 Å². The molecule has 1 aromatic heterocycles. The molecule has 0 spiro atoms. The average molecular weight is 256 g/mol. The standard InChI is InChI=1S/C11H16N2O3S/c1-4-11(2,3)10(16)12-5-8-13-7(6-17-8)9(14)15/h6H,4-5H2,1-3H3,(H,12,16)(H,14,15). The molecule has 94 valence electrons. The molecule has 0 saturated carbocycles. The Bertz CT molecular complexity index is 426. The van der Waals surface area contributed by atoms with Gasteiger partial charge in [-0.25, -0.2) is 9.78 Å². The normalized spacial score (nSPS) is 11.2. The summed E-state index contributed by atoms with van der Waals surface area (Å²) in [6, 6.07) is 0. The molecule has 0 aliphatic carbocycles. The fraction of sp³-hybridized carbons (Fsp3) is 0.545. The lowest BCUT2D eigenvalue weighted by Crippen LogP contribution is -2.35. The molecule has 0 fully saturated rings. The maximum atomic E-state index is 11.8. The van der Waals surface area contributed by atoms with Crippen LogP contribution in [-0.2, 0) is 11.3 Å². The number of nitrogens with zero attached hydrogens (tertiary/aromatic N) is 1. The minimum absolute atomic E-state index is 0.0222. The van der Waals surface area contributed by atoms with Gasteiger partial charge in [-0.3, -0.25) is 4.79 Å². The van der Waals surface area contributed by atoms with Crippen LogP contribution in [0.15, 0.2) is 5.38 Å². The van der Waals surface area contributed by atoms with E-state index in [9.17, 15) is 9.59 Å². The first kappa shape index (κ1) is 13.6. The number of aromatic nitrogens is 1. The number of carboxylic acid groups (broad SMARTS) is 1. The van der Waals surface area contributed by atoms with Crippen LogP contribution in [0.3, 0.4) is 0 Å². The third-order valence-corrected chi connectivity index (χ3v) is 3.52. The Kier molecular flexibility index (Phi) is 4.22. The van der Waals surface area contributed by atoms with Gasteiger partial charge in [0.15, 0.2) is 5.69 Å². The zero-order valence-corrected chi connectivity index (χ0v) is 10.9. The van der Waals surface area contributed by atoms with Crippen molar-refractivity contribution in [2.75, 3.05) is 0 Å². The predicted molar refractivity (Wildman–Crippen MR) is 65.0 cm³/mol. The van der Waals surface area contributed by atoms with Gasteiger partial charge in [0, 0.05) is 10.8 Å². The highest BCUT2D eigenvalue weighted by Gasteiger charge is 2.25. The van der Waals surface area contributed by atoms with E-state index in [1.54, 1.807) is 0 Å². The Labute approximate surface area is 104 Å². The fourth-order valence-corrected chi connectivity index (χ4v) is 1.75. The van der Waals surface area contributed by atoms with Gasteiger partial charge in [0.05, 0.1) is 6.54 Å². The van der Waals surface area contributed by atoms with E-state index in [1.165, 1.54) is 16.7 Å². The minimum atomic E-state index is -1.05. The molecular weight excluding hydrogens is 240 g/mol. The van der Waals surface area contributed by atoms with Crippen molar-refractivity contribution in [1.82, 2.24) is 10.3 Å². The fourth-order valence-electron chi connectivity index (χ4n) is 1.05. The number of carbonyl (C=O) groups excluding carboxylic acids is 1. The van der Waals surface area contributed by atoms with Crippen molar-refractivity contribution in [3.63, 3.8) is 0 Å². The van der Waals surface area contributed by atoms with Crippen molar-refractivity contribution < 1.29 is 14.7 Å². The lowest BCUT2D eigenvalue weighted by molar-refractivity contribution is -0.129. The second-order valence-electron chi connectivity index (χ2n) is 4.35. The van der Waals surface area contributed by atoms with Crippen molar-refractivity contribution in [1.29, 1.82) is 0 Å². The first-order valence-electron chi connectivity index (χ1n) is 5.33. The molecule has 0 unspecified atom stereocenters. The van der Waals surface area contributed by atoms with Gasteiger partial charge >= 0.3 is 5.97 Å². The zero-order chi connectivity index (χ0) is 13.1. The Hall–Kier alpha value is -1.43. The number of carbonyl (C=O) groups is 2. The van der Waals surface area contributed by atoms with Gasteiger partial charge in [-0.05, 0) is 6.42 Å². The van der Waals surface area contributed by atoms with Gasteiger partial charge in [-0.1, -0.05) is 20.8 Å². The van der Waals surface area contributed by atoms with E-state index in [4.69, 9.17) is 5.11 Å². The van der Waals surface area contributed by atoms with Crippen molar-refractivity contribution in [3.8, 4) is 0 Å². The average Bonchev–Trinajstić information content (AvgIpc) is 2.74. The number of aromatic carboxylic acids is 1. The maximum Gasteiger partial charge on any atom is 0.355 e. The molecule has 1 amide bonds. The summed E-state index contributed by atoms with van der Waals surface area (Å²) in [5.41, 5.74) is -0.388. The number of hydrogen-bond acceptors (Lipinski definition) is 4. The van der Waals surface area contributed by atoms with Gasteiger partial charge in [0.25, 0.3) is 0 Å². The van der Waals surface area contributed by atoms with Gasteiger partial charge in [-0.2, -0.15) is 0 Å². The van der Waals surface area contributed by atoms with E-state index in [2.05, 4.69) is 10.3 Å². The van der Waals surface area contributed by atoms with Crippen LogP contribution in [0.2, 0.25) is 0 Å². The summed E-state index contributed by atoms with van der Waals surface area (Å²) < 4.78 is 0. The van der Waals surface area contributed by atoms with Crippen LogP contribution in [0.5, 0.6) is 0 Å². The number of nitrogens with one attached hydrogen (secondary N) is 1. The molecular formula is C11H16N2O3S. The van der Waals surface area contributed by atoms with Crippen molar-refractivity contribution in [2.24, 2.45) is 5.41 Å². The zero-order valence-electron chi connectivity index (χ0n) is 10.1. The highest BCUT2D eigenvalue weighted by Crippen LogP contribution is 2.19. The van der Waals surface area contributed by atoms with Crippen LogP contribution in [0.1, 0.15) is 42.7 Å². The summed E-state index contributed by atoms with van der Waals surface area (Å²) in [4.78, 5) is 26.3. The summed E-state index contributed by atoms with van der Waals surface area (Å²) in [6.07, 6.45) is 0.747. The Morgan fingerprint density at radius 2 is 2.18 bits per heavy atom. The van der Waals surface area contributed by atoms with E-state index < -0.39 is 11.4 Å². The van der Waals surface area contributed by atoms with Crippen molar-refractivity contribution in [2.45, 2.75) is 33.7 Å². The number of hydrogen-bond donors (Lipinski definition) is 2. The van der Waals surface area contributed by atoms with E-state index in [0.29, 0.717) is 5.01 Å². The smallest absolute Gasteiger partial charge is 0.355 e. The highest BCUT2D eigenvalue weighted by molar-refractivity contribution is 7.09. The van der Waals surface area contributed by atoms with E-state index in [1.807, 2.05) is 20.8 Å². The molecule has 0 aromatic carbocycles. The van der Waals surface area contributed by atoms with Crippen LogP contribution >= 0.6 is 11.3 Å². The third-order valence-electron chi connectivity index (χ3n) is 2.67. The molecule has 1 rings (SSSR count). The van der Waals surface area contributed by atoms with Crippen LogP contribution in [0, 0.1) is 5.41 Å². The molecule has 2 N–H and O–H groups in total. The Morgan fingerprint density at radius 1 is 1.53 bits per heavy atom. The van der Waals surface area contributed by atoms with Crippen molar-refractivity contribution >= 4 is 23.2 Å². The quantitative estimate of drug-likeness (QED) is 0.843. The van der Waals surface area contributed by atoms with Crippen LogP contribution in [0.4, 0.5) is 0 Å². The molecule has 0 radical (unpaired) electrons. The number of amides is 1. The van der Waals surface area contributed by atoms with Gasteiger partial charge < -0.3 is 10.4 Å². The van der Waals surface area contributed by atoms with Gasteiger partial charge in [-0.15, -0.1) is 11.3 Å². The summed E-state index contributed by atoms with van der Waals surface area (Å²) in [6.45, 7) is 5.96. The van der Waals surface area contributed by atoms with E-state index in [0.717, 1.165) is 6.42 Å². The molecule has 1 heterocycles. The monoisotopic (exact) mass is 256 g/mol. The first-order chi connectivity index (χ1) is 7.86. The third kappa shape index (κ3) is 3.52. The van der Waals surface area contributed by atoms with Gasteiger partial charge in [0.2, 0.25) is 5.91 Å². The molecule has 5 nitrogen and oxygen atoms in total. The lowest BCUT2D eigenvalue weighted by Gasteiger charge is -2.20.